The Morgan fingerprint density at radius 1 is 0.966 bits per heavy atom. The molecular weight excluding hydrogens is 390 g/mol. The molecule has 152 valence electrons. The number of sulfonamides is 1. The van der Waals surface area contributed by atoms with E-state index in [2.05, 4.69) is 15.6 Å². The standard InChI is InChI=1S/C21H23N3O4S/c1-4-5-6-10-20(25)22-23-21(26)17-8-7-9-18(14-17)29(27,28)24-19-12-11-15(2)13-16(19)3/h4-14,24H,1-3H3,(H,22,25)(H,23,26)/b5-4+,10-6+. The van der Waals surface area contributed by atoms with Crippen LogP contribution in [0.1, 0.15) is 28.4 Å². The van der Waals surface area contributed by atoms with E-state index in [9.17, 15) is 18.0 Å². The monoisotopic (exact) mass is 413 g/mol. The number of rotatable bonds is 6. The van der Waals surface area contributed by atoms with Gasteiger partial charge in [0.25, 0.3) is 21.8 Å². The van der Waals surface area contributed by atoms with Crippen LogP contribution in [-0.2, 0) is 14.8 Å². The molecule has 0 aromatic heterocycles. The van der Waals surface area contributed by atoms with Crippen molar-refractivity contribution >= 4 is 27.5 Å². The number of allylic oxidation sites excluding steroid dienone is 3. The SMILES string of the molecule is C/C=C/C=C/C(=O)NNC(=O)c1cccc(S(=O)(=O)Nc2ccc(C)cc2C)c1. The van der Waals surface area contributed by atoms with Gasteiger partial charge in [-0.15, -0.1) is 0 Å². The Balaban J connectivity index is 2.13. The first kappa shape index (κ1) is 21.9. The van der Waals surface area contributed by atoms with Crippen LogP contribution in [0.2, 0.25) is 0 Å². The van der Waals surface area contributed by atoms with Crippen LogP contribution < -0.4 is 15.6 Å². The van der Waals surface area contributed by atoms with Crippen LogP contribution in [0.5, 0.6) is 0 Å². The highest BCUT2D eigenvalue weighted by atomic mass is 32.2. The van der Waals surface area contributed by atoms with Crippen LogP contribution >= 0.6 is 0 Å². The van der Waals surface area contributed by atoms with E-state index in [1.807, 2.05) is 26.0 Å². The normalized spacial score (nSPS) is 11.6. The third kappa shape index (κ3) is 6.32. The van der Waals surface area contributed by atoms with E-state index in [-0.39, 0.29) is 10.5 Å². The van der Waals surface area contributed by atoms with Gasteiger partial charge in [0.1, 0.15) is 0 Å². The number of hydrazine groups is 1. The second-order valence-corrected chi connectivity index (χ2v) is 7.96. The molecule has 0 radical (unpaired) electrons. The number of hydrogen-bond donors (Lipinski definition) is 3. The van der Waals surface area contributed by atoms with Gasteiger partial charge in [0.05, 0.1) is 10.6 Å². The summed E-state index contributed by atoms with van der Waals surface area (Å²) in [6.45, 7) is 5.53. The van der Waals surface area contributed by atoms with Gasteiger partial charge in [0.15, 0.2) is 0 Å². The predicted molar refractivity (Wildman–Crippen MR) is 113 cm³/mol. The molecule has 7 nitrogen and oxygen atoms in total. The average Bonchev–Trinajstić information content (AvgIpc) is 2.68. The van der Waals surface area contributed by atoms with Gasteiger partial charge in [0.2, 0.25) is 0 Å². The molecule has 8 heteroatoms. The maximum atomic E-state index is 12.7. The lowest BCUT2D eigenvalue weighted by atomic mass is 10.1. The van der Waals surface area contributed by atoms with Gasteiger partial charge in [-0.05, 0) is 50.6 Å². The molecule has 2 rings (SSSR count). The van der Waals surface area contributed by atoms with Gasteiger partial charge in [-0.25, -0.2) is 8.42 Å². The number of anilines is 1. The third-order valence-electron chi connectivity index (χ3n) is 3.88. The summed E-state index contributed by atoms with van der Waals surface area (Å²) in [6.07, 6.45) is 6.18. The molecule has 0 spiro atoms. The summed E-state index contributed by atoms with van der Waals surface area (Å²) >= 11 is 0. The van der Waals surface area contributed by atoms with Crippen LogP contribution in [0.25, 0.3) is 0 Å². The first-order chi connectivity index (χ1) is 13.7. The van der Waals surface area contributed by atoms with Crippen molar-refractivity contribution in [2.75, 3.05) is 4.72 Å². The maximum Gasteiger partial charge on any atom is 0.269 e. The second kappa shape index (κ2) is 9.70. The highest BCUT2D eigenvalue weighted by Crippen LogP contribution is 2.21. The van der Waals surface area contributed by atoms with Crippen LogP contribution in [-0.4, -0.2) is 20.2 Å². The molecule has 2 aromatic carbocycles. The largest absolute Gasteiger partial charge is 0.279 e. The molecule has 0 unspecified atom stereocenters. The van der Waals surface area contributed by atoms with E-state index in [4.69, 9.17) is 0 Å². The van der Waals surface area contributed by atoms with E-state index in [0.717, 1.165) is 11.1 Å². The zero-order chi connectivity index (χ0) is 21.4. The molecule has 29 heavy (non-hydrogen) atoms. The Labute approximate surface area is 170 Å². The van der Waals surface area contributed by atoms with Crippen LogP contribution in [0.4, 0.5) is 5.69 Å². The number of aryl methyl sites for hydroxylation is 2. The van der Waals surface area contributed by atoms with E-state index < -0.39 is 21.8 Å². The van der Waals surface area contributed by atoms with Crippen LogP contribution in [0, 0.1) is 13.8 Å². The van der Waals surface area contributed by atoms with Crippen LogP contribution in [0.15, 0.2) is 71.7 Å². The van der Waals surface area contributed by atoms with E-state index in [1.54, 1.807) is 25.1 Å². The Kier molecular flexibility index (Phi) is 7.33. The van der Waals surface area contributed by atoms with E-state index >= 15 is 0 Å². The molecule has 0 heterocycles. The summed E-state index contributed by atoms with van der Waals surface area (Å²) in [6, 6.07) is 10.9. The molecule has 0 bridgehead atoms. The highest BCUT2D eigenvalue weighted by molar-refractivity contribution is 7.92. The summed E-state index contributed by atoms with van der Waals surface area (Å²) in [5, 5.41) is 0. The number of nitrogens with one attached hydrogen (secondary N) is 3. The highest BCUT2D eigenvalue weighted by Gasteiger charge is 2.17. The fraction of sp³-hybridized carbons (Fsp3) is 0.143. The quantitative estimate of drug-likeness (QED) is 0.385. The zero-order valence-corrected chi connectivity index (χ0v) is 17.2. The van der Waals surface area contributed by atoms with Crippen molar-refractivity contribution in [1.29, 1.82) is 0 Å². The van der Waals surface area contributed by atoms with E-state index in [0.29, 0.717) is 5.69 Å². The molecule has 0 saturated carbocycles. The van der Waals surface area contributed by atoms with Crippen molar-refractivity contribution in [2.24, 2.45) is 0 Å². The predicted octanol–water partition coefficient (Wildman–Crippen LogP) is 3.00. The average molecular weight is 413 g/mol. The summed E-state index contributed by atoms with van der Waals surface area (Å²) in [7, 11) is -3.89. The first-order valence-electron chi connectivity index (χ1n) is 8.83. The van der Waals surface area contributed by atoms with Gasteiger partial charge in [0, 0.05) is 11.6 Å². The van der Waals surface area contributed by atoms with E-state index in [1.165, 1.54) is 36.4 Å². The molecule has 0 atom stereocenters. The number of amides is 2. The van der Waals surface area contributed by atoms with Crippen molar-refractivity contribution in [1.82, 2.24) is 10.9 Å². The maximum absolute atomic E-state index is 12.7. The van der Waals surface area contributed by atoms with Gasteiger partial charge >= 0.3 is 0 Å². The zero-order valence-electron chi connectivity index (χ0n) is 16.4. The van der Waals surface area contributed by atoms with Crippen molar-refractivity contribution in [2.45, 2.75) is 25.7 Å². The van der Waals surface area contributed by atoms with Crippen molar-refractivity contribution in [3.05, 3.63) is 83.5 Å². The molecule has 2 aromatic rings. The molecule has 3 N–H and O–H groups in total. The topological polar surface area (TPSA) is 104 Å². The number of benzene rings is 2. The van der Waals surface area contributed by atoms with Crippen LogP contribution in [0.3, 0.4) is 0 Å². The first-order valence-corrected chi connectivity index (χ1v) is 10.3. The number of carbonyl (C=O) groups excluding carboxylic acids is 2. The molecule has 0 aliphatic rings. The fourth-order valence-corrected chi connectivity index (χ4v) is 3.60. The second-order valence-electron chi connectivity index (χ2n) is 6.28. The van der Waals surface area contributed by atoms with Crippen molar-refractivity contribution < 1.29 is 18.0 Å². The minimum absolute atomic E-state index is 0.0653. The molecule has 0 aliphatic carbocycles. The van der Waals surface area contributed by atoms with Gasteiger partial charge in [-0.2, -0.15) is 0 Å². The Bertz CT molecular complexity index is 1070. The lowest BCUT2D eigenvalue weighted by Crippen LogP contribution is -2.40. The number of carbonyl (C=O) groups is 2. The van der Waals surface area contributed by atoms with Gasteiger partial charge < -0.3 is 0 Å². The molecule has 0 aliphatic heterocycles. The minimum atomic E-state index is -3.89. The Morgan fingerprint density at radius 2 is 1.72 bits per heavy atom. The summed E-state index contributed by atoms with van der Waals surface area (Å²) < 4.78 is 27.9. The Hall–Kier alpha value is -3.39. The fourth-order valence-electron chi connectivity index (χ4n) is 2.42. The molecule has 0 saturated heterocycles. The summed E-state index contributed by atoms with van der Waals surface area (Å²) in [4.78, 5) is 23.8. The summed E-state index contributed by atoms with van der Waals surface area (Å²) in [5.74, 6) is -1.15. The lowest BCUT2D eigenvalue weighted by Gasteiger charge is -2.12. The van der Waals surface area contributed by atoms with Crippen molar-refractivity contribution in [3.63, 3.8) is 0 Å². The number of hydrogen-bond acceptors (Lipinski definition) is 4. The Morgan fingerprint density at radius 3 is 2.41 bits per heavy atom. The molecular formula is C21H23N3O4S. The minimum Gasteiger partial charge on any atom is -0.279 e. The third-order valence-corrected chi connectivity index (χ3v) is 5.25. The molecule has 0 fully saturated rings. The molecule has 2 amide bonds. The smallest absolute Gasteiger partial charge is 0.269 e. The van der Waals surface area contributed by atoms with Gasteiger partial charge in [-0.1, -0.05) is 42.0 Å². The summed E-state index contributed by atoms with van der Waals surface area (Å²) in [5.41, 5.74) is 6.83. The van der Waals surface area contributed by atoms with Crippen molar-refractivity contribution in [3.8, 4) is 0 Å². The van der Waals surface area contributed by atoms with Gasteiger partial charge in [-0.3, -0.25) is 25.2 Å². The lowest BCUT2D eigenvalue weighted by molar-refractivity contribution is -0.117.